The van der Waals surface area contributed by atoms with Crippen molar-refractivity contribution in [2.24, 2.45) is 52.3 Å². The Bertz CT molecular complexity index is 919. The van der Waals surface area contributed by atoms with Crippen LogP contribution in [0.5, 0.6) is 0 Å². The van der Waals surface area contributed by atoms with Crippen molar-refractivity contribution in [1.29, 1.82) is 5.26 Å². The number of aliphatic hydroxyl groups is 2. The van der Waals surface area contributed by atoms with Crippen LogP contribution in [0.2, 0.25) is 0 Å². The summed E-state index contributed by atoms with van der Waals surface area (Å²) < 4.78 is 0. The third-order valence-corrected chi connectivity index (χ3v) is 9.81. The van der Waals surface area contributed by atoms with Crippen LogP contribution in [-0.2, 0) is 4.89 Å². The van der Waals surface area contributed by atoms with Crippen molar-refractivity contribution in [3.63, 3.8) is 0 Å². The van der Waals surface area contributed by atoms with Crippen LogP contribution in [0.25, 0.3) is 0 Å². The van der Waals surface area contributed by atoms with E-state index < -0.39 is 24.2 Å². The van der Waals surface area contributed by atoms with Gasteiger partial charge in [-0.2, -0.15) is 10.4 Å². The largest absolute Gasteiger partial charge is 0.367 e. The van der Waals surface area contributed by atoms with Crippen molar-refractivity contribution in [3.8, 4) is 6.07 Å². The van der Waals surface area contributed by atoms with Crippen LogP contribution in [0.3, 0.4) is 0 Å². The average Bonchev–Trinajstić information content (AvgIpc) is 3.29. The number of nitrogens with zero attached hydrogens (tertiary/aromatic N) is 3. The molecule has 8 atom stereocenters. The van der Waals surface area contributed by atoms with Crippen molar-refractivity contribution in [2.45, 2.75) is 119 Å². The molecule has 1 aromatic rings. The van der Waals surface area contributed by atoms with E-state index in [9.17, 15) is 20.7 Å². The van der Waals surface area contributed by atoms with Crippen LogP contribution in [0, 0.1) is 63.6 Å². The van der Waals surface area contributed by atoms with E-state index in [0.717, 1.165) is 31.5 Å². The molecule has 0 amide bonds. The summed E-state index contributed by atoms with van der Waals surface area (Å²) in [4.78, 5) is 10.2. The lowest BCUT2D eigenvalue weighted by atomic mass is 9.52. The van der Waals surface area contributed by atoms with Gasteiger partial charge in [0.25, 0.3) is 0 Å². The Morgan fingerprint density at radius 1 is 0.947 bits per heavy atom. The first-order valence-corrected chi connectivity index (χ1v) is 14.6. The molecule has 2 fully saturated rings. The summed E-state index contributed by atoms with van der Waals surface area (Å²) in [5, 5.41) is 49.1. The molecule has 3 rings (SSSR count). The minimum absolute atomic E-state index is 0.0953. The lowest BCUT2D eigenvalue weighted by Gasteiger charge is -2.54. The number of rotatable bonds is 7. The van der Waals surface area contributed by atoms with E-state index in [-0.39, 0.29) is 34.5 Å². The second kappa shape index (κ2) is 11.9. The molecule has 0 radical (unpaired) electrons. The summed E-state index contributed by atoms with van der Waals surface area (Å²) in [5.74, 6) is 0.831. The van der Waals surface area contributed by atoms with Gasteiger partial charge in [-0.3, -0.25) is 10.4 Å². The number of hydrogen-bond acceptors (Lipinski definition) is 7. The first kappa shape index (κ1) is 31.0. The second-order valence-electron chi connectivity index (χ2n) is 14.8. The van der Waals surface area contributed by atoms with Gasteiger partial charge in [0.2, 0.25) is 0 Å². The predicted octanol–water partition coefficient (Wildman–Crippen LogP) is 6.11. The quantitative estimate of drug-likeness (QED) is 0.189. The second-order valence-corrected chi connectivity index (χ2v) is 14.8. The lowest BCUT2D eigenvalue weighted by molar-refractivity contribution is -0.316. The molecule has 4 N–H and O–H groups in total. The zero-order chi connectivity index (χ0) is 28.6. The number of hydrogen-bond donors (Lipinski definition) is 4. The molecular weight excluding hydrogens is 480 g/mol. The minimum Gasteiger partial charge on any atom is -0.367 e. The summed E-state index contributed by atoms with van der Waals surface area (Å²) in [6.07, 6.45) is 2.42. The van der Waals surface area contributed by atoms with E-state index in [4.69, 9.17) is 9.87 Å². The Balaban J connectivity index is 2.14. The third kappa shape index (κ3) is 6.60. The average molecular weight is 533 g/mol. The van der Waals surface area contributed by atoms with Crippen LogP contribution >= 0.6 is 0 Å². The molecule has 8 unspecified atom stereocenters. The molecule has 2 aliphatic rings. The van der Waals surface area contributed by atoms with Gasteiger partial charge in [-0.05, 0) is 72.0 Å². The van der Waals surface area contributed by atoms with Gasteiger partial charge in [-0.1, -0.05) is 68.7 Å². The summed E-state index contributed by atoms with van der Waals surface area (Å²) in [6.45, 7) is 20.0. The monoisotopic (exact) mass is 532 g/mol. The van der Waals surface area contributed by atoms with E-state index in [1.54, 1.807) is 0 Å². The Hall–Kier alpha value is -1.53. The van der Waals surface area contributed by atoms with Gasteiger partial charge in [-0.25, -0.2) is 9.87 Å². The van der Waals surface area contributed by atoms with Gasteiger partial charge in [0.05, 0.1) is 12.0 Å². The van der Waals surface area contributed by atoms with Crippen LogP contribution in [0.1, 0.15) is 118 Å². The fourth-order valence-electron chi connectivity index (χ4n) is 7.61. The molecule has 0 saturated heterocycles. The SMILES string of the molecule is CC1CCC(C)C(c2nc(C(C(C#N)C(O)O)C(OO)C3C(C(C)(C)C)CC(C)CC3C(C)(C)C)n[nH]2)C1. The molecule has 0 aromatic carbocycles. The van der Waals surface area contributed by atoms with Crippen molar-refractivity contribution in [1.82, 2.24) is 15.2 Å². The Labute approximate surface area is 229 Å². The van der Waals surface area contributed by atoms with Crippen molar-refractivity contribution < 1.29 is 20.4 Å². The summed E-state index contributed by atoms with van der Waals surface area (Å²) >= 11 is 0. The van der Waals surface area contributed by atoms with E-state index in [1.807, 2.05) is 0 Å². The lowest BCUT2D eigenvalue weighted by Crippen LogP contribution is -2.52. The normalized spacial score (nSPS) is 33.5. The Morgan fingerprint density at radius 3 is 2.00 bits per heavy atom. The smallest absolute Gasteiger partial charge is 0.168 e. The fourth-order valence-corrected chi connectivity index (χ4v) is 7.61. The number of H-pyrrole nitrogens is 1. The molecule has 2 aliphatic carbocycles. The first-order valence-electron chi connectivity index (χ1n) is 14.6. The highest BCUT2D eigenvalue weighted by Gasteiger charge is 2.54. The molecular formula is C30H52N4O4. The van der Waals surface area contributed by atoms with E-state index in [0.29, 0.717) is 23.6 Å². The standard InChI is InChI=1S/C30H52N4O4/c1-16-10-11-18(3)19(12-16)26-32-27(34-33-26)23(20(15-31)28(35)36)25(38-37)24-21(29(4,5)6)13-17(2)14-22(24)30(7,8)9/h16-25,28,35-37H,10-14H2,1-9H3,(H,32,33,34). The predicted molar refractivity (Wildman–Crippen MR) is 147 cm³/mol. The van der Waals surface area contributed by atoms with Crippen molar-refractivity contribution in [3.05, 3.63) is 11.6 Å². The molecule has 1 heterocycles. The third-order valence-electron chi connectivity index (χ3n) is 9.81. The van der Waals surface area contributed by atoms with Crippen molar-refractivity contribution >= 4 is 0 Å². The minimum atomic E-state index is -1.93. The first-order chi connectivity index (χ1) is 17.6. The summed E-state index contributed by atoms with van der Waals surface area (Å²) in [6, 6.07) is 2.09. The molecule has 0 aliphatic heterocycles. The highest BCUT2D eigenvalue weighted by Crippen LogP contribution is 2.56. The van der Waals surface area contributed by atoms with E-state index >= 15 is 0 Å². The van der Waals surface area contributed by atoms with Gasteiger partial charge < -0.3 is 10.2 Å². The fraction of sp³-hybridized carbons (Fsp3) is 0.900. The molecule has 216 valence electrons. The highest BCUT2D eigenvalue weighted by atomic mass is 17.1. The number of nitriles is 1. The number of nitrogens with one attached hydrogen (secondary N) is 1. The Morgan fingerprint density at radius 2 is 1.53 bits per heavy atom. The topological polar surface area (TPSA) is 135 Å². The maximum Gasteiger partial charge on any atom is 0.168 e. The Kier molecular flexibility index (Phi) is 9.72. The van der Waals surface area contributed by atoms with Gasteiger partial charge in [0, 0.05) is 5.92 Å². The molecule has 1 aromatic heterocycles. The molecule has 38 heavy (non-hydrogen) atoms. The number of aromatic nitrogens is 3. The maximum absolute atomic E-state index is 10.6. The number of aromatic amines is 1. The molecule has 0 bridgehead atoms. The van der Waals surface area contributed by atoms with Gasteiger partial charge in [-0.15, -0.1) is 0 Å². The van der Waals surface area contributed by atoms with E-state index in [2.05, 4.69) is 78.6 Å². The molecule has 8 nitrogen and oxygen atoms in total. The number of aliphatic hydroxyl groups excluding tert-OH is 1. The highest BCUT2D eigenvalue weighted by molar-refractivity contribution is 5.14. The molecule has 0 spiro atoms. The van der Waals surface area contributed by atoms with Crippen LogP contribution in [0.4, 0.5) is 0 Å². The van der Waals surface area contributed by atoms with Crippen LogP contribution in [0.15, 0.2) is 0 Å². The van der Waals surface area contributed by atoms with Gasteiger partial charge >= 0.3 is 0 Å². The molecule has 2 saturated carbocycles. The van der Waals surface area contributed by atoms with Gasteiger partial charge in [0.1, 0.15) is 17.8 Å². The van der Waals surface area contributed by atoms with Crippen LogP contribution < -0.4 is 0 Å². The summed E-state index contributed by atoms with van der Waals surface area (Å²) in [7, 11) is 0. The zero-order valence-electron chi connectivity index (χ0n) is 25.0. The maximum atomic E-state index is 10.6. The van der Waals surface area contributed by atoms with Crippen LogP contribution in [-0.4, -0.2) is 43.0 Å². The van der Waals surface area contributed by atoms with E-state index in [1.165, 1.54) is 6.42 Å². The zero-order valence-corrected chi connectivity index (χ0v) is 25.0. The van der Waals surface area contributed by atoms with Crippen molar-refractivity contribution in [2.75, 3.05) is 0 Å². The molecule has 8 heteroatoms. The summed E-state index contributed by atoms with van der Waals surface area (Å²) in [5.41, 5.74) is -0.191. The van der Waals surface area contributed by atoms with Gasteiger partial charge in [0.15, 0.2) is 12.1 Å².